The first kappa shape index (κ1) is 20.6. The van der Waals surface area contributed by atoms with Crippen LogP contribution in [-0.4, -0.2) is 64.2 Å². The molecule has 2 fully saturated rings. The summed E-state index contributed by atoms with van der Waals surface area (Å²) in [7, 11) is 3.09. The minimum Gasteiger partial charge on any atom is -0.497 e. The predicted molar refractivity (Wildman–Crippen MR) is 110 cm³/mol. The van der Waals surface area contributed by atoms with Crippen LogP contribution < -0.4 is 20.1 Å². The molecule has 0 unspecified atom stereocenters. The second-order valence-electron chi connectivity index (χ2n) is 7.55. The van der Waals surface area contributed by atoms with Gasteiger partial charge in [-0.25, -0.2) is 4.79 Å². The minimum absolute atomic E-state index is 0.00182. The van der Waals surface area contributed by atoms with Gasteiger partial charge in [-0.05, 0) is 25.0 Å². The molecule has 4 rings (SSSR count). The van der Waals surface area contributed by atoms with E-state index in [-0.39, 0.29) is 24.8 Å². The van der Waals surface area contributed by atoms with Gasteiger partial charge in [-0.2, -0.15) is 4.98 Å². The van der Waals surface area contributed by atoms with Gasteiger partial charge in [0.2, 0.25) is 11.9 Å². The molecule has 1 aromatic carbocycles. The molecule has 1 aromatic heterocycles. The predicted octanol–water partition coefficient (Wildman–Crippen LogP) is 1.68. The maximum Gasteiger partial charge on any atom is 0.325 e. The van der Waals surface area contributed by atoms with E-state index in [4.69, 9.17) is 9.47 Å². The Morgan fingerprint density at radius 3 is 2.71 bits per heavy atom. The highest BCUT2D eigenvalue weighted by Gasteiger charge is 2.52. The zero-order chi connectivity index (χ0) is 22.0. The number of carbonyl (C=O) groups excluding carboxylic acids is 3. The Hall–Kier alpha value is -3.63. The van der Waals surface area contributed by atoms with Crippen LogP contribution in [0.2, 0.25) is 0 Å². The van der Waals surface area contributed by atoms with Crippen LogP contribution in [0.25, 0.3) is 11.4 Å². The smallest absolute Gasteiger partial charge is 0.325 e. The van der Waals surface area contributed by atoms with Gasteiger partial charge in [0.1, 0.15) is 17.0 Å². The number of benzene rings is 1. The van der Waals surface area contributed by atoms with Gasteiger partial charge in [-0.3, -0.25) is 24.9 Å². The molecular weight excluding hydrogens is 404 g/mol. The summed E-state index contributed by atoms with van der Waals surface area (Å²) in [6.45, 7) is 0.00182. The van der Waals surface area contributed by atoms with E-state index < -0.39 is 17.5 Å². The van der Waals surface area contributed by atoms with Crippen molar-refractivity contribution in [3.63, 3.8) is 0 Å². The average molecular weight is 428 g/mol. The molecule has 164 valence electrons. The van der Waals surface area contributed by atoms with Gasteiger partial charge in [0, 0.05) is 19.0 Å². The summed E-state index contributed by atoms with van der Waals surface area (Å²) in [4.78, 5) is 42.6. The summed E-state index contributed by atoms with van der Waals surface area (Å²) >= 11 is 0. The molecule has 31 heavy (non-hydrogen) atoms. The summed E-state index contributed by atoms with van der Waals surface area (Å²) < 4.78 is 10.5. The lowest BCUT2D eigenvalue weighted by atomic mass is 9.98. The molecular formula is C20H24N6O5. The van der Waals surface area contributed by atoms with Gasteiger partial charge < -0.3 is 14.8 Å². The van der Waals surface area contributed by atoms with Gasteiger partial charge in [-0.15, -0.1) is 5.10 Å². The van der Waals surface area contributed by atoms with Crippen molar-refractivity contribution in [2.24, 2.45) is 0 Å². The molecule has 11 nitrogen and oxygen atoms in total. The Labute approximate surface area is 178 Å². The van der Waals surface area contributed by atoms with Crippen molar-refractivity contribution in [1.29, 1.82) is 0 Å². The Kier molecular flexibility index (Phi) is 5.49. The molecule has 1 aliphatic carbocycles. The van der Waals surface area contributed by atoms with Gasteiger partial charge in [0.05, 0.1) is 19.8 Å². The molecule has 2 aliphatic rings. The normalized spacial score (nSPS) is 17.2. The summed E-state index contributed by atoms with van der Waals surface area (Å²) in [5.41, 5.74) is -0.124. The largest absolute Gasteiger partial charge is 0.497 e. The van der Waals surface area contributed by atoms with Gasteiger partial charge in [-0.1, -0.05) is 12.8 Å². The standard InChI is InChI=1S/C20H24N6O5/c1-30-12-5-6-13(14(11-12)31-2)16-22-18(25-24-16)21-15(27)7-10-26-17(28)20(23-19(26)29)8-3-4-9-20/h5-6,11H,3-4,7-10H2,1-2H3,(H,23,29)(H2,21,22,24,25,27). The van der Waals surface area contributed by atoms with E-state index in [1.807, 2.05) is 0 Å². The van der Waals surface area contributed by atoms with Crippen LogP contribution in [0.15, 0.2) is 18.2 Å². The number of methoxy groups -OCH3 is 2. The van der Waals surface area contributed by atoms with Crippen LogP contribution in [0.5, 0.6) is 11.5 Å². The Morgan fingerprint density at radius 2 is 2.00 bits per heavy atom. The van der Waals surface area contributed by atoms with E-state index in [0.29, 0.717) is 35.7 Å². The molecule has 2 aromatic rings. The molecule has 4 amide bonds. The maximum absolute atomic E-state index is 12.6. The zero-order valence-electron chi connectivity index (χ0n) is 17.4. The quantitative estimate of drug-likeness (QED) is 0.570. The van der Waals surface area contributed by atoms with Crippen molar-refractivity contribution in [1.82, 2.24) is 25.4 Å². The number of aromatic nitrogens is 3. The van der Waals surface area contributed by atoms with Crippen LogP contribution in [0.4, 0.5) is 10.7 Å². The van der Waals surface area contributed by atoms with Crippen molar-refractivity contribution in [3.8, 4) is 22.9 Å². The Balaban J connectivity index is 1.37. The Morgan fingerprint density at radius 1 is 1.23 bits per heavy atom. The molecule has 1 spiro atoms. The van der Waals surface area contributed by atoms with E-state index in [1.165, 1.54) is 7.11 Å². The molecule has 11 heteroatoms. The molecule has 1 saturated carbocycles. The number of ether oxygens (including phenoxy) is 2. The highest BCUT2D eigenvalue weighted by Crippen LogP contribution is 2.35. The van der Waals surface area contributed by atoms with E-state index in [0.717, 1.165) is 17.7 Å². The number of anilines is 1. The Bertz CT molecular complexity index is 1010. The third-order valence-electron chi connectivity index (χ3n) is 5.67. The number of aromatic amines is 1. The number of urea groups is 1. The van der Waals surface area contributed by atoms with Crippen LogP contribution in [0, 0.1) is 0 Å². The summed E-state index contributed by atoms with van der Waals surface area (Å²) in [5.74, 6) is 1.02. The first-order chi connectivity index (χ1) is 15.0. The fourth-order valence-corrected chi connectivity index (χ4v) is 4.03. The van der Waals surface area contributed by atoms with Gasteiger partial charge in [0.15, 0.2) is 5.82 Å². The molecule has 2 heterocycles. The number of nitrogens with one attached hydrogen (secondary N) is 3. The second kappa shape index (κ2) is 8.25. The number of nitrogens with zero attached hydrogens (tertiary/aromatic N) is 3. The molecule has 0 atom stereocenters. The second-order valence-corrected chi connectivity index (χ2v) is 7.55. The van der Waals surface area contributed by atoms with Crippen molar-refractivity contribution in [2.45, 2.75) is 37.6 Å². The number of carbonyl (C=O) groups is 3. The minimum atomic E-state index is -0.774. The molecule has 3 N–H and O–H groups in total. The third-order valence-corrected chi connectivity index (χ3v) is 5.67. The van der Waals surface area contributed by atoms with E-state index in [9.17, 15) is 14.4 Å². The number of hydrogen-bond donors (Lipinski definition) is 3. The molecule has 0 bridgehead atoms. The van der Waals surface area contributed by atoms with Crippen molar-refractivity contribution >= 4 is 23.8 Å². The molecule has 1 saturated heterocycles. The monoisotopic (exact) mass is 428 g/mol. The number of rotatable bonds is 7. The van der Waals surface area contributed by atoms with Crippen molar-refractivity contribution < 1.29 is 23.9 Å². The highest BCUT2D eigenvalue weighted by molar-refractivity contribution is 6.07. The summed E-state index contributed by atoms with van der Waals surface area (Å²) in [6.07, 6.45) is 3.06. The fraction of sp³-hybridized carbons (Fsp3) is 0.450. The van der Waals surface area contributed by atoms with E-state index in [1.54, 1.807) is 25.3 Å². The first-order valence-corrected chi connectivity index (χ1v) is 10.0. The highest BCUT2D eigenvalue weighted by atomic mass is 16.5. The number of H-pyrrole nitrogens is 1. The molecule has 0 radical (unpaired) electrons. The zero-order valence-corrected chi connectivity index (χ0v) is 17.4. The van der Waals surface area contributed by atoms with Gasteiger partial charge >= 0.3 is 6.03 Å². The van der Waals surface area contributed by atoms with Crippen LogP contribution in [0.3, 0.4) is 0 Å². The van der Waals surface area contributed by atoms with Crippen molar-refractivity contribution in [3.05, 3.63) is 18.2 Å². The maximum atomic E-state index is 12.6. The summed E-state index contributed by atoms with van der Waals surface area (Å²) in [5, 5.41) is 12.1. The fourth-order valence-electron chi connectivity index (χ4n) is 4.03. The third kappa shape index (κ3) is 3.90. The van der Waals surface area contributed by atoms with E-state index in [2.05, 4.69) is 25.8 Å². The first-order valence-electron chi connectivity index (χ1n) is 10.0. The van der Waals surface area contributed by atoms with E-state index >= 15 is 0 Å². The van der Waals surface area contributed by atoms with Crippen LogP contribution in [-0.2, 0) is 9.59 Å². The number of hydrogen-bond acceptors (Lipinski definition) is 7. The number of amides is 4. The van der Waals surface area contributed by atoms with Gasteiger partial charge in [0.25, 0.3) is 5.91 Å². The molecule has 1 aliphatic heterocycles. The average Bonchev–Trinajstić information content (AvgIpc) is 3.48. The summed E-state index contributed by atoms with van der Waals surface area (Å²) in [6, 6.07) is 4.80. The lowest BCUT2D eigenvalue weighted by Gasteiger charge is -2.19. The lowest BCUT2D eigenvalue weighted by molar-refractivity contribution is -0.131. The van der Waals surface area contributed by atoms with Crippen molar-refractivity contribution in [2.75, 3.05) is 26.1 Å². The lowest BCUT2D eigenvalue weighted by Crippen LogP contribution is -2.44. The van der Waals surface area contributed by atoms with Crippen LogP contribution >= 0.6 is 0 Å². The van der Waals surface area contributed by atoms with Crippen LogP contribution in [0.1, 0.15) is 32.1 Å². The number of imide groups is 1. The SMILES string of the molecule is COc1ccc(-c2nc(NC(=O)CCN3C(=O)NC4(CCCC4)C3=O)n[nH]2)c(OC)c1. The topological polar surface area (TPSA) is 139 Å².